The molecule has 108 valence electrons. The fourth-order valence-corrected chi connectivity index (χ4v) is 2.02. The zero-order valence-electron chi connectivity index (χ0n) is 11.0. The van der Waals surface area contributed by atoms with Gasteiger partial charge in [0.15, 0.2) is 12.4 Å². The third kappa shape index (κ3) is 5.11. The topological polar surface area (TPSA) is 117 Å². The standard InChI is InChI=1S/C13H13N5O2S/c14-12-16-10(17-13(15)18-12)8-20-11(19)6-7-21-9-4-2-1-3-5-9/h1-7H,8H2,(H4,14,15,16,17,18)/b7-6+. The monoisotopic (exact) mass is 303 g/mol. The van der Waals surface area contributed by atoms with Gasteiger partial charge in [0.2, 0.25) is 11.9 Å². The molecule has 2 aromatic rings. The van der Waals surface area contributed by atoms with Crippen LogP contribution < -0.4 is 11.5 Å². The number of thioether (sulfide) groups is 1. The van der Waals surface area contributed by atoms with Gasteiger partial charge in [-0.3, -0.25) is 0 Å². The largest absolute Gasteiger partial charge is 0.454 e. The van der Waals surface area contributed by atoms with Crippen LogP contribution in [0, 0.1) is 0 Å². The fourth-order valence-electron chi connectivity index (χ4n) is 1.37. The predicted molar refractivity (Wildman–Crippen MR) is 79.9 cm³/mol. The Morgan fingerprint density at radius 3 is 2.48 bits per heavy atom. The van der Waals surface area contributed by atoms with E-state index in [0.29, 0.717) is 0 Å². The quantitative estimate of drug-likeness (QED) is 0.483. The average Bonchev–Trinajstić information content (AvgIpc) is 2.45. The molecule has 0 bridgehead atoms. The first-order valence-corrected chi connectivity index (χ1v) is 6.82. The number of benzene rings is 1. The lowest BCUT2D eigenvalue weighted by molar-refractivity contribution is -0.139. The van der Waals surface area contributed by atoms with Crippen LogP contribution in [-0.4, -0.2) is 20.9 Å². The highest BCUT2D eigenvalue weighted by Gasteiger charge is 2.04. The van der Waals surface area contributed by atoms with Gasteiger partial charge in [-0.25, -0.2) is 4.79 Å². The molecular weight excluding hydrogens is 290 g/mol. The van der Waals surface area contributed by atoms with Gasteiger partial charge < -0.3 is 16.2 Å². The summed E-state index contributed by atoms with van der Waals surface area (Å²) in [4.78, 5) is 23.8. The maximum Gasteiger partial charge on any atom is 0.331 e. The van der Waals surface area contributed by atoms with Gasteiger partial charge in [0.05, 0.1) is 0 Å². The molecule has 0 saturated carbocycles. The smallest absolute Gasteiger partial charge is 0.331 e. The molecule has 1 aromatic carbocycles. The van der Waals surface area contributed by atoms with E-state index in [-0.39, 0.29) is 24.3 Å². The van der Waals surface area contributed by atoms with Crippen molar-refractivity contribution in [2.24, 2.45) is 0 Å². The molecule has 0 fully saturated rings. The third-order valence-corrected chi connectivity index (χ3v) is 3.03. The lowest BCUT2D eigenvalue weighted by atomic mass is 10.4. The van der Waals surface area contributed by atoms with E-state index in [4.69, 9.17) is 16.2 Å². The highest BCUT2D eigenvalue weighted by molar-refractivity contribution is 8.02. The Labute approximate surface area is 125 Å². The Morgan fingerprint density at radius 2 is 1.81 bits per heavy atom. The molecule has 7 nitrogen and oxygen atoms in total. The number of carbonyl (C=O) groups is 1. The number of rotatable bonds is 5. The second-order valence-electron chi connectivity index (χ2n) is 3.81. The molecule has 1 aromatic heterocycles. The summed E-state index contributed by atoms with van der Waals surface area (Å²) in [6.45, 7) is -0.115. The second-order valence-corrected chi connectivity index (χ2v) is 4.79. The van der Waals surface area contributed by atoms with Crippen molar-refractivity contribution in [3.05, 3.63) is 47.6 Å². The summed E-state index contributed by atoms with van der Waals surface area (Å²) in [6.07, 6.45) is 1.32. The zero-order valence-corrected chi connectivity index (χ0v) is 11.8. The van der Waals surface area contributed by atoms with Crippen molar-refractivity contribution in [2.45, 2.75) is 11.5 Å². The van der Waals surface area contributed by atoms with E-state index in [0.717, 1.165) is 4.90 Å². The second kappa shape index (κ2) is 7.25. The molecule has 8 heteroatoms. The van der Waals surface area contributed by atoms with E-state index in [2.05, 4.69) is 15.0 Å². The van der Waals surface area contributed by atoms with Gasteiger partial charge in [-0.1, -0.05) is 30.0 Å². The molecule has 0 radical (unpaired) electrons. The SMILES string of the molecule is Nc1nc(N)nc(COC(=O)/C=C/Sc2ccccc2)n1. The van der Waals surface area contributed by atoms with E-state index in [1.807, 2.05) is 30.3 Å². The molecule has 0 aliphatic heterocycles. The van der Waals surface area contributed by atoms with Crippen LogP contribution in [0.5, 0.6) is 0 Å². The lowest BCUT2D eigenvalue weighted by Gasteiger charge is -2.02. The summed E-state index contributed by atoms with van der Waals surface area (Å²) in [7, 11) is 0. The van der Waals surface area contributed by atoms with E-state index < -0.39 is 5.97 Å². The molecular formula is C13H13N5O2S. The molecule has 0 aliphatic rings. The predicted octanol–water partition coefficient (Wildman–Crippen LogP) is 1.39. The minimum absolute atomic E-state index is 0.0104. The van der Waals surface area contributed by atoms with E-state index in [1.165, 1.54) is 17.8 Å². The minimum Gasteiger partial charge on any atom is -0.454 e. The van der Waals surface area contributed by atoms with Gasteiger partial charge >= 0.3 is 5.97 Å². The van der Waals surface area contributed by atoms with Crippen molar-refractivity contribution in [1.29, 1.82) is 0 Å². The summed E-state index contributed by atoms with van der Waals surface area (Å²) in [6, 6.07) is 9.65. The van der Waals surface area contributed by atoms with Gasteiger partial charge in [-0.2, -0.15) is 15.0 Å². The summed E-state index contributed by atoms with van der Waals surface area (Å²) in [5, 5.41) is 1.65. The highest BCUT2D eigenvalue weighted by Crippen LogP contribution is 2.17. The van der Waals surface area contributed by atoms with E-state index in [9.17, 15) is 4.79 Å². The van der Waals surface area contributed by atoms with Gasteiger partial charge in [0, 0.05) is 11.0 Å². The Morgan fingerprint density at radius 1 is 1.14 bits per heavy atom. The molecule has 4 N–H and O–H groups in total. The van der Waals surface area contributed by atoms with Crippen molar-refractivity contribution in [3.8, 4) is 0 Å². The lowest BCUT2D eigenvalue weighted by Crippen LogP contribution is -2.09. The number of hydrogen-bond acceptors (Lipinski definition) is 8. The first-order valence-electron chi connectivity index (χ1n) is 5.94. The first kappa shape index (κ1) is 14.8. The van der Waals surface area contributed by atoms with Crippen LogP contribution in [0.3, 0.4) is 0 Å². The normalized spacial score (nSPS) is 10.7. The van der Waals surface area contributed by atoms with Crippen molar-refractivity contribution >= 4 is 29.6 Å². The van der Waals surface area contributed by atoms with Crippen molar-refractivity contribution in [3.63, 3.8) is 0 Å². The molecule has 0 saturated heterocycles. The molecule has 2 rings (SSSR count). The van der Waals surface area contributed by atoms with Crippen LogP contribution in [0.1, 0.15) is 5.82 Å². The summed E-state index contributed by atoms with van der Waals surface area (Å²) in [5.74, 6) is -0.319. The highest BCUT2D eigenvalue weighted by atomic mass is 32.2. The zero-order chi connectivity index (χ0) is 15.1. The molecule has 0 atom stereocenters. The van der Waals surface area contributed by atoms with Gasteiger partial charge in [0.1, 0.15) is 0 Å². The maximum absolute atomic E-state index is 11.5. The maximum atomic E-state index is 11.5. The summed E-state index contributed by atoms with van der Waals surface area (Å²) < 4.78 is 4.97. The van der Waals surface area contributed by atoms with Crippen molar-refractivity contribution in [2.75, 3.05) is 11.5 Å². The number of nitrogen functional groups attached to an aromatic ring is 2. The fraction of sp³-hybridized carbons (Fsp3) is 0.0769. The first-order chi connectivity index (χ1) is 10.1. The number of esters is 1. The molecule has 1 heterocycles. The summed E-state index contributed by atoms with van der Waals surface area (Å²) in [5.41, 5.74) is 10.8. The molecule has 0 aliphatic carbocycles. The van der Waals surface area contributed by atoms with Crippen LogP contribution >= 0.6 is 11.8 Å². The Balaban J connectivity index is 1.82. The van der Waals surface area contributed by atoms with E-state index >= 15 is 0 Å². The van der Waals surface area contributed by atoms with Crippen LogP contribution in [0.2, 0.25) is 0 Å². The molecule has 0 spiro atoms. The van der Waals surface area contributed by atoms with E-state index in [1.54, 1.807) is 5.41 Å². The Kier molecular flexibility index (Phi) is 5.10. The van der Waals surface area contributed by atoms with Gasteiger partial charge in [0.25, 0.3) is 0 Å². The molecule has 21 heavy (non-hydrogen) atoms. The molecule has 0 unspecified atom stereocenters. The minimum atomic E-state index is -0.504. The van der Waals surface area contributed by atoms with Crippen LogP contribution in [0.25, 0.3) is 0 Å². The number of nitrogens with zero attached hydrogens (tertiary/aromatic N) is 3. The third-order valence-electron chi connectivity index (χ3n) is 2.21. The van der Waals surface area contributed by atoms with Crippen LogP contribution in [-0.2, 0) is 16.1 Å². The number of nitrogens with two attached hydrogens (primary N) is 2. The number of ether oxygens (including phenoxy) is 1. The number of aromatic nitrogens is 3. The average molecular weight is 303 g/mol. The Bertz CT molecular complexity index is 628. The Hall–Kier alpha value is -2.61. The molecule has 0 amide bonds. The number of carbonyl (C=O) groups excluding carboxylic acids is 1. The summed E-state index contributed by atoms with van der Waals surface area (Å²) >= 11 is 1.41. The van der Waals surface area contributed by atoms with Crippen molar-refractivity contribution in [1.82, 2.24) is 15.0 Å². The van der Waals surface area contributed by atoms with Gasteiger partial charge in [-0.15, -0.1) is 0 Å². The van der Waals surface area contributed by atoms with Gasteiger partial charge in [-0.05, 0) is 17.5 Å². The number of hydrogen-bond donors (Lipinski definition) is 2. The van der Waals surface area contributed by atoms with Crippen LogP contribution in [0.4, 0.5) is 11.9 Å². The van der Waals surface area contributed by atoms with Crippen molar-refractivity contribution < 1.29 is 9.53 Å². The van der Waals surface area contributed by atoms with Crippen LogP contribution in [0.15, 0.2) is 46.7 Å². The number of anilines is 2.